The maximum absolute atomic E-state index is 12.8. The Morgan fingerprint density at radius 1 is 0.923 bits per heavy atom. The predicted molar refractivity (Wildman–Crippen MR) is 102 cm³/mol. The summed E-state index contributed by atoms with van der Waals surface area (Å²) < 4.78 is 27.2. The van der Waals surface area contributed by atoms with E-state index in [9.17, 15) is 13.2 Å². The van der Waals surface area contributed by atoms with Crippen LogP contribution in [-0.2, 0) is 10.0 Å². The summed E-state index contributed by atoms with van der Waals surface area (Å²) in [7, 11) is -3.48. The first-order valence-electron chi connectivity index (χ1n) is 8.76. The van der Waals surface area contributed by atoms with Crippen molar-refractivity contribution in [2.75, 3.05) is 32.7 Å². The number of aryl methyl sites for hydroxylation is 2. The first-order chi connectivity index (χ1) is 12.4. The average molecular weight is 372 g/mol. The van der Waals surface area contributed by atoms with Gasteiger partial charge in [0.15, 0.2) is 5.78 Å². The van der Waals surface area contributed by atoms with E-state index in [2.05, 4.69) is 0 Å². The van der Waals surface area contributed by atoms with E-state index in [-0.39, 0.29) is 5.78 Å². The van der Waals surface area contributed by atoms with Crippen molar-refractivity contribution in [3.63, 3.8) is 0 Å². The van der Waals surface area contributed by atoms with Crippen LogP contribution < -0.4 is 0 Å². The molecular weight excluding hydrogens is 348 g/mol. The Balaban J connectivity index is 1.61. The van der Waals surface area contributed by atoms with Gasteiger partial charge in [-0.3, -0.25) is 9.69 Å². The van der Waals surface area contributed by atoms with Gasteiger partial charge in [0.25, 0.3) is 0 Å². The summed E-state index contributed by atoms with van der Waals surface area (Å²) in [5, 5.41) is 0. The first-order valence-corrected chi connectivity index (χ1v) is 10.2. The lowest BCUT2D eigenvalue weighted by Crippen LogP contribution is -2.49. The molecule has 2 aromatic carbocycles. The molecule has 1 aliphatic heterocycles. The molecule has 0 radical (unpaired) electrons. The van der Waals surface area contributed by atoms with Gasteiger partial charge in [-0.15, -0.1) is 0 Å². The standard InChI is InChI=1S/C20H24N2O3S/c1-16-7-9-18(10-8-16)19(23)15-21-11-13-22(14-12-21)26(24,25)20-6-4-3-5-17(20)2/h3-10H,11-15H2,1-2H3. The highest BCUT2D eigenvalue weighted by Crippen LogP contribution is 2.21. The molecule has 0 N–H and O–H groups in total. The van der Waals surface area contributed by atoms with E-state index in [0.717, 1.165) is 11.1 Å². The summed E-state index contributed by atoms with van der Waals surface area (Å²) in [5.74, 6) is 0.0696. The highest BCUT2D eigenvalue weighted by atomic mass is 32.2. The van der Waals surface area contributed by atoms with Gasteiger partial charge in [0.05, 0.1) is 11.4 Å². The van der Waals surface area contributed by atoms with Crippen molar-refractivity contribution >= 4 is 15.8 Å². The fraction of sp³-hybridized carbons (Fsp3) is 0.350. The van der Waals surface area contributed by atoms with E-state index >= 15 is 0 Å². The molecule has 2 aromatic rings. The molecule has 0 atom stereocenters. The molecule has 5 nitrogen and oxygen atoms in total. The van der Waals surface area contributed by atoms with E-state index in [1.54, 1.807) is 12.1 Å². The van der Waals surface area contributed by atoms with Crippen molar-refractivity contribution in [1.82, 2.24) is 9.21 Å². The van der Waals surface area contributed by atoms with Gasteiger partial charge in [0.2, 0.25) is 10.0 Å². The van der Waals surface area contributed by atoms with Crippen molar-refractivity contribution in [3.05, 3.63) is 65.2 Å². The third-order valence-corrected chi connectivity index (χ3v) is 6.84. The number of hydrogen-bond acceptors (Lipinski definition) is 4. The van der Waals surface area contributed by atoms with Crippen LogP contribution in [0.1, 0.15) is 21.5 Å². The average Bonchev–Trinajstić information content (AvgIpc) is 2.63. The van der Waals surface area contributed by atoms with Crippen molar-refractivity contribution < 1.29 is 13.2 Å². The smallest absolute Gasteiger partial charge is 0.243 e. The number of Topliss-reactive ketones (excluding diaryl/α,β-unsaturated/α-hetero) is 1. The third-order valence-electron chi connectivity index (χ3n) is 4.78. The van der Waals surface area contributed by atoms with Gasteiger partial charge in [-0.2, -0.15) is 4.31 Å². The highest BCUT2D eigenvalue weighted by molar-refractivity contribution is 7.89. The fourth-order valence-corrected chi connectivity index (χ4v) is 4.79. The third kappa shape index (κ3) is 4.03. The van der Waals surface area contributed by atoms with Crippen LogP contribution in [0.2, 0.25) is 0 Å². The maximum atomic E-state index is 12.8. The van der Waals surface area contributed by atoms with E-state index in [4.69, 9.17) is 0 Å². The topological polar surface area (TPSA) is 57.7 Å². The lowest BCUT2D eigenvalue weighted by molar-refractivity contribution is 0.0901. The molecule has 138 valence electrons. The number of benzene rings is 2. The van der Waals surface area contributed by atoms with E-state index in [1.165, 1.54) is 4.31 Å². The Hall–Kier alpha value is -2.02. The quantitative estimate of drug-likeness (QED) is 0.757. The van der Waals surface area contributed by atoms with Gasteiger partial charge in [-0.1, -0.05) is 48.0 Å². The van der Waals surface area contributed by atoms with Crippen LogP contribution in [-0.4, -0.2) is 56.1 Å². The second-order valence-electron chi connectivity index (χ2n) is 6.73. The predicted octanol–water partition coefficient (Wildman–Crippen LogP) is 2.49. The minimum atomic E-state index is -3.48. The number of piperazine rings is 1. The molecular formula is C20H24N2O3S. The second-order valence-corrected chi connectivity index (χ2v) is 8.64. The van der Waals surface area contributed by atoms with Gasteiger partial charge in [-0.25, -0.2) is 8.42 Å². The Morgan fingerprint density at radius 2 is 1.54 bits per heavy atom. The van der Waals surface area contributed by atoms with Crippen LogP contribution in [0.15, 0.2) is 53.4 Å². The van der Waals surface area contributed by atoms with Crippen LogP contribution >= 0.6 is 0 Å². The zero-order valence-corrected chi connectivity index (χ0v) is 16.0. The lowest BCUT2D eigenvalue weighted by atomic mass is 10.1. The molecule has 0 amide bonds. The molecule has 1 heterocycles. The van der Waals surface area contributed by atoms with E-state index in [1.807, 2.05) is 55.1 Å². The van der Waals surface area contributed by atoms with Crippen LogP contribution in [0.5, 0.6) is 0 Å². The van der Waals surface area contributed by atoms with Gasteiger partial charge in [0.1, 0.15) is 0 Å². The summed E-state index contributed by atoms with van der Waals surface area (Å²) in [6.07, 6.45) is 0. The monoisotopic (exact) mass is 372 g/mol. The SMILES string of the molecule is Cc1ccc(C(=O)CN2CCN(S(=O)(=O)c3ccccc3C)CC2)cc1. The number of hydrogen-bond donors (Lipinski definition) is 0. The number of carbonyl (C=O) groups excluding carboxylic acids is 1. The van der Waals surface area contributed by atoms with Gasteiger partial charge >= 0.3 is 0 Å². The Morgan fingerprint density at radius 3 is 2.15 bits per heavy atom. The van der Waals surface area contributed by atoms with Gasteiger partial charge in [0, 0.05) is 31.7 Å². The highest BCUT2D eigenvalue weighted by Gasteiger charge is 2.29. The summed E-state index contributed by atoms with van der Waals surface area (Å²) in [4.78, 5) is 14.8. The Kier molecular flexibility index (Phi) is 5.55. The molecule has 1 saturated heterocycles. The summed E-state index contributed by atoms with van der Waals surface area (Å²) in [5.41, 5.74) is 2.58. The summed E-state index contributed by atoms with van der Waals surface area (Å²) in [6.45, 7) is 6.04. The van der Waals surface area contributed by atoms with Crippen molar-refractivity contribution in [2.24, 2.45) is 0 Å². The number of ketones is 1. The Labute approximate surface area is 155 Å². The second kappa shape index (κ2) is 7.70. The minimum absolute atomic E-state index is 0.0696. The molecule has 0 spiro atoms. The molecule has 0 aromatic heterocycles. The molecule has 0 bridgehead atoms. The molecule has 26 heavy (non-hydrogen) atoms. The maximum Gasteiger partial charge on any atom is 0.243 e. The van der Waals surface area contributed by atoms with Crippen LogP contribution in [0.25, 0.3) is 0 Å². The van der Waals surface area contributed by atoms with Crippen LogP contribution in [0.4, 0.5) is 0 Å². The molecule has 6 heteroatoms. The van der Waals surface area contributed by atoms with Crippen molar-refractivity contribution in [2.45, 2.75) is 18.7 Å². The number of sulfonamides is 1. The molecule has 0 saturated carbocycles. The van der Waals surface area contributed by atoms with Crippen LogP contribution in [0.3, 0.4) is 0 Å². The zero-order chi connectivity index (χ0) is 18.7. The zero-order valence-electron chi connectivity index (χ0n) is 15.2. The Bertz CT molecular complexity index is 884. The van der Waals surface area contributed by atoms with Gasteiger partial charge < -0.3 is 0 Å². The molecule has 3 rings (SSSR count). The molecule has 0 unspecified atom stereocenters. The van der Waals surface area contributed by atoms with Crippen molar-refractivity contribution in [3.8, 4) is 0 Å². The van der Waals surface area contributed by atoms with Crippen LogP contribution in [0, 0.1) is 13.8 Å². The summed E-state index contributed by atoms with van der Waals surface area (Å²) >= 11 is 0. The molecule has 1 aliphatic rings. The fourth-order valence-electron chi connectivity index (χ4n) is 3.15. The number of rotatable bonds is 5. The lowest BCUT2D eigenvalue weighted by Gasteiger charge is -2.33. The number of nitrogens with zero attached hydrogens (tertiary/aromatic N) is 2. The number of carbonyl (C=O) groups is 1. The minimum Gasteiger partial charge on any atom is -0.293 e. The van der Waals surface area contributed by atoms with Gasteiger partial charge in [-0.05, 0) is 25.5 Å². The van der Waals surface area contributed by atoms with Crippen molar-refractivity contribution in [1.29, 1.82) is 0 Å². The largest absolute Gasteiger partial charge is 0.293 e. The normalized spacial score (nSPS) is 16.5. The first kappa shape index (κ1) is 18.8. The molecule has 1 fully saturated rings. The summed E-state index contributed by atoms with van der Waals surface area (Å²) in [6, 6.07) is 14.6. The molecule has 0 aliphatic carbocycles. The van der Waals surface area contributed by atoms with E-state index < -0.39 is 10.0 Å². The van der Waals surface area contributed by atoms with E-state index in [0.29, 0.717) is 43.2 Å².